The van der Waals surface area contributed by atoms with E-state index >= 15 is 0 Å². The highest BCUT2D eigenvalue weighted by Gasteiger charge is 2.42. The first-order chi connectivity index (χ1) is 9.15. The third-order valence-electron chi connectivity index (χ3n) is 4.05. The largest absolute Gasteiger partial charge is 0.370 e. The lowest BCUT2D eigenvalue weighted by Gasteiger charge is -2.33. The Balaban J connectivity index is 1.67. The average molecular weight is 263 g/mol. The van der Waals surface area contributed by atoms with Crippen LogP contribution in [0.3, 0.4) is 0 Å². The maximum absolute atomic E-state index is 12.9. The molecule has 3 unspecified atom stereocenters. The lowest BCUT2D eigenvalue weighted by atomic mass is 10.1. The zero-order valence-electron chi connectivity index (χ0n) is 11.0. The third-order valence-corrected chi connectivity index (χ3v) is 4.05. The number of carbonyl (C=O) groups is 1. The molecule has 102 valence electrons. The first-order valence-electron chi connectivity index (χ1n) is 6.81. The van der Waals surface area contributed by atoms with Gasteiger partial charge in [-0.3, -0.25) is 4.79 Å². The molecule has 1 heterocycles. The molecule has 1 saturated heterocycles. The van der Waals surface area contributed by atoms with E-state index in [4.69, 9.17) is 4.74 Å². The van der Waals surface area contributed by atoms with Crippen molar-refractivity contribution in [1.29, 1.82) is 0 Å². The summed E-state index contributed by atoms with van der Waals surface area (Å²) >= 11 is 0. The fraction of sp³-hybridized carbons (Fsp3) is 0.533. The van der Waals surface area contributed by atoms with Crippen LogP contribution < -0.4 is 0 Å². The molecule has 1 aromatic carbocycles. The molecule has 2 fully saturated rings. The summed E-state index contributed by atoms with van der Waals surface area (Å²) in [6.45, 7) is 3.91. The van der Waals surface area contributed by atoms with Crippen LogP contribution in [0.2, 0.25) is 0 Å². The maximum Gasteiger partial charge on any atom is 0.226 e. The first kappa shape index (κ1) is 12.6. The lowest BCUT2D eigenvalue weighted by molar-refractivity contribution is -0.140. The summed E-state index contributed by atoms with van der Waals surface area (Å²) < 4.78 is 18.6. The second-order valence-corrected chi connectivity index (χ2v) is 5.51. The number of halogens is 1. The van der Waals surface area contributed by atoms with Crippen molar-refractivity contribution in [3.8, 4) is 0 Å². The van der Waals surface area contributed by atoms with Crippen molar-refractivity contribution in [2.45, 2.75) is 19.4 Å². The monoisotopic (exact) mass is 263 g/mol. The summed E-state index contributed by atoms with van der Waals surface area (Å²) in [5.74, 6) is 0.744. The van der Waals surface area contributed by atoms with Gasteiger partial charge in [-0.2, -0.15) is 0 Å². The van der Waals surface area contributed by atoms with Crippen LogP contribution in [0.25, 0.3) is 0 Å². The Labute approximate surface area is 112 Å². The minimum Gasteiger partial charge on any atom is -0.370 e. The van der Waals surface area contributed by atoms with Crippen LogP contribution >= 0.6 is 0 Å². The fourth-order valence-corrected chi connectivity index (χ4v) is 2.63. The minimum absolute atomic E-state index is 0.132. The molecule has 0 spiro atoms. The van der Waals surface area contributed by atoms with Crippen LogP contribution in [-0.2, 0) is 9.53 Å². The Morgan fingerprint density at radius 2 is 2.05 bits per heavy atom. The van der Waals surface area contributed by atoms with E-state index in [0.29, 0.717) is 25.6 Å². The number of carbonyl (C=O) groups excluding carboxylic acids is 1. The summed E-state index contributed by atoms with van der Waals surface area (Å²) in [7, 11) is 0. The van der Waals surface area contributed by atoms with Gasteiger partial charge in [-0.05, 0) is 30.0 Å². The van der Waals surface area contributed by atoms with Gasteiger partial charge in [0.15, 0.2) is 0 Å². The maximum atomic E-state index is 12.9. The highest BCUT2D eigenvalue weighted by molar-refractivity contribution is 5.81. The van der Waals surface area contributed by atoms with Crippen molar-refractivity contribution in [3.05, 3.63) is 35.6 Å². The minimum atomic E-state index is -0.251. The van der Waals surface area contributed by atoms with Gasteiger partial charge in [0.2, 0.25) is 5.91 Å². The number of morpholine rings is 1. The topological polar surface area (TPSA) is 29.5 Å². The number of hydrogen-bond donors (Lipinski definition) is 0. The van der Waals surface area contributed by atoms with Crippen LogP contribution in [0.5, 0.6) is 0 Å². The third kappa shape index (κ3) is 2.63. The van der Waals surface area contributed by atoms with E-state index in [2.05, 4.69) is 6.92 Å². The fourth-order valence-electron chi connectivity index (χ4n) is 2.63. The normalized spacial score (nSPS) is 30.2. The van der Waals surface area contributed by atoms with E-state index in [-0.39, 0.29) is 23.7 Å². The molecular weight excluding hydrogens is 245 g/mol. The van der Waals surface area contributed by atoms with Crippen LogP contribution in [-0.4, -0.2) is 30.5 Å². The Kier molecular flexibility index (Phi) is 3.27. The number of ether oxygens (including phenoxy) is 1. The Bertz CT molecular complexity index is 474. The smallest absolute Gasteiger partial charge is 0.226 e. The van der Waals surface area contributed by atoms with E-state index in [1.165, 1.54) is 12.1 Å². The molecule has 4 heteroatoms. The molecule has 0 radical (unpaired) electrons. The van der Waals surface area contributed by atoms with Gasteiger partial charge in [0.25, 0.3) is 0 Å². The quantitative estimate of drug-likeness (QED) is 0.820. The van der Waals surface area contributed by atoms with E-state index < -0.39 is 0 Å². The van der Waals surface area contributed by atoms with Gasteiger partial charge in [0, 0.05) is 12.5 Å². The molecule has 1 amide bonds. The van der Waals surface area contributed by atoms with Crippen LogP contribution in [0.1, 0.15) is 25.0 Å². The van der Waals surface area contributed by atoms with Gasteiger partial charge in [-0.1, -0.05) is 19.1 Å². The van der Waals surface area contributed by atoms with Crippen LogP contribution in [0.15, 0.2) is 24.3 Å². The standard InChI is InChI=1S/C15H18FNO2/c1-10-8-13(10)15(18)17-6-7-19-14(9-17)11-2-4-12(16)5-3-11/h2-5,10,13-14H,6-9H2,1H3. The Morgan fingerprint density at radius 3 is 2.68 bits per heavy atom. The number of benzene rings is 1. The summed E-state index contributed by atoms with van der Waals surface area (Å²) in [4.78, 5) is 14.1. The molecular formula is C15H18FNO2. The first-order valence-corrected chi connectivity index (χ1v) is 6.81. The molecule has 1 aromatic rings. The molecule has 1 aliphatic heterocycles. The van der Waals surface area contributed by atoms with Gasteiger partial charge in [0.1, 0.15) is 11.9 Å². The van der Waals surface area contributed by atoms with Gasteiger partial charge in [0.05, 0.1) is 13.2 Å². The highest BCUT2D eigenvalue weighted by Crippen LogP contribution is 2.39. The zero-order chi connectivity index (χ0) is 13.4. The second kappa shape index (κ2) is 4.93. The molecule has 1 saturated carbocycles. The Morgan fingerprint density at radius 1 is 1.37 bits per heavy atom. The number of amides is 1. The highest BCUT2D eigenvalue weighted by atomic mass is 19.1. The van der Waals surface area contributed by atoms with E-state index in [1.807, 2.05) is 4.90 Å². The lowest BCUT2D eigenvalue weighted by Crippen LogP contribution is -2.43. The van der Waals surface area contributed by atoms with E-state index in [9.17, 15) is 9.18 Å². The van der Waals surface area contributed by atoms with Crippen molar-refractivity contribution in [1.82, 2.24) is 4.90 Å². The van der Waals surface area contributed by atoms with Gasteiger partial charge in [-0.25, -0.2) is 4.39 Å². The molecule has 3 rings (SSSR count). The molecule has 0 aromatic heterocycles. The summed E-state index contributed by atoms with van der Waals surface area (Å²) in [6.07, 6.45) is 0.879. The van der Waals surface area contributed by atoms with Crippen molar-refractivity contribution in [3.63, 3.8) is 0 Å². The molecule has 1 aliphatic carbocycles. The van der Waals surface area contributed by atoms with Gasteiger partial charge >= 0.3 is 0 Å². The molecule has 3 nitrogen and oxygen atoms in total. The second-order valence-electron chi connectivity index (χ2n) is 5.51. The predicted octanol–water partition coefficient (Wildman–Crippen LogP) is 2.38. The molecule has 19 heavy (non-hydrogen) atoms. The molecule has 0 bridgehead atoms. The van der Waals surface area contributed by atoms with E-state index in [1.54, 1.807) is 12.1 Å². The van der Waals surface area contributed by atoms with Gasteiger partial charge in [-0.15, -0.1) is 0 Å². The van der Waals surface area contributed by atoms with Crippen molar-refractivity contribution in [2.75, 3.05) is 19.7 Å². The SMILES string of the molecule is CC1CC1C(=O)N1CCOC(c2ccc(F)cc2)C1. The predicted molar refractivity (Wildman–Crippen MR) is 68.9 cm³/mol. The van der Waals surface area contributed by atoms with Crippen LogP contribution in [0.4, 0.5) is 4.39 Å². The Hall–Kier alpha value is -1.42. The molecule has 3 atom stereocenters. The van der Waals surface area contributed by atoms with Gasteiger partial charge < -0.3 is 9.64 Å². The number of hydrogen-bond acceptors (Lipinski definition) is 2. The van der Waals surface area contributed by atoms with Crippen molar-refractivity contribution < 1.29 is 13.9 Å². The zero-order valence-corrected chi connectivity index (χ0v) is 11.0. The summed E-state index contributed by atoms with van der Waals surface area (Å²) in [5, 5.41) is 0. The van der Waals surface area contributed by atoms with Crippen molar-refractivity contribution in [2.24, 2.45) is 11.8 Å². The number of nitrogens with zero attached hydrogens (tertiary/aromatic N) is 1. The molecule has 2 aliphatic rings. The van der Waals surface area contributed by atoms with E-state index in [0.717, 1.165) is 12.0 Å². The summed E-state index contributed by atoms with van der Waals surface area (Å²) in [5.41, 5.74) is 0.933. The van der Waals surface area contributed by atoms with Crippen molar-refractivity contribution >= 4 is 5.91 Å². The number of rotatable bonds is 2. The van der Waals surface area contributed by atoms with Crippen LogP contribution in [0, 0.1) is 17.7 Å². The average Bonchev–Trinajstić information content (AvgIpc) is 3.16. The molecule has 0 N–H and O–H groups in total. The summed E-state index contributed by atoms with van der Waals surface area (Å²) in [6, 6.07) is 6.33.